The number of rotatable bonds is 5. The van der Waals surface area contributed by atoms with Gasteiger partial charge in [-0.15, -0.1) is 0 Å². The molecule has 0 spiro atoms. The fourth-order valence-electron chi connectivity index (χ4n) is 4.32. The van der Waals surface area contributed by atoms with Crippen molar-refractivity contribution in [3.63, 3.8) is 0 Å². The molecule has 0 aliphatic carbocycles. The number of anilines is 1. The molecule has 1 aliphatic rings. The molecule has 0 saturated carbocycles. The summed E-state index contributed by atoms with van der Waals surface area (Å²) in [6.07, 6.45) is 0. The van der Waals surface area contributed by atoms with Crippen LogP contribution in [0.2, 0.25) is 0 Å². The van der Waals surface area contributed by atoms with Gasteiger partial charge in [-0.3, -0.25) is 9.59 Å². The molecule has 9 heteroatoms. The Morgan fingerprint density at radius 1 is 0.944 bits per heavy atom. The summed E-state index contributed by atoms with van der Waals surface area (Å²) in [5.41, 5.74) is 3.33. The van der Waals surface area contributed by atoms with E-state index in [1.807, 2.05) is 26.0 Å². The van der Waals surface area contributed by atoms with Gasteiger partial charge in [-0.1, -0.05) is 35.9 Å². The van der Waals surface area contributed by atoms with Crippen molar-refractivity contribution < 1.29 is 27.5 Å². The molecule has 1 unspecified atom stereocenters. The average Bonchev–Trinajstić information content (AvgIpc) is 3.07. The number of carbonyl (C=O) groups excluding carboxylic acids is 2. The van der Waals surface area contributed by atoms with Gasteiger partial charge in [0.15, 0.2) is 0 Å². The number of hydrogen-bond donors (Lipinski definition) is 0. The molecule has 4 rings (SSSR count). The van der Waals surface area contributed by atoms with Crippen LogP contribution in [0.1, 0.15) is 27.0 Å². The molecule has 0 radical (unpaired) electrons. The Bertz CT molecular complexity index is 1400. The van der Waals surface area contributed by atoms with Gasteiger partial charge in [0.2, 0.25) is 10.0 Å². The minimum absolute atomic E-state index is 0.00369. The number of methoxy groups -OCH3 is 2. The van der Waals surface area contributed by atoms with Crippen LogP contribution in [0, 0.1) is 13.8 Å². The minimum Gasteiger partial charge on any atom is -0.497 e. The molecule has 36 heavy (non-hydrogen) atoms. The molecule has 0 saturated heterocycles. The van der Waals surface area contributed by atoms with Gasteiger partial charge in [0.25, 0.3) is 5.91 Å². The highest BCUT2D eigenvalue weighted by Gasteiger charge is 2.42. The normalized spacial score (nSPS) is 16.1. The highest BCUT2D eigenvalue weighted by Crippen LogP contribution is 2.33. The number of aryl methyl sites for hydroxylation is 2. The average molecular weight is 509 g/mol. The summed E-state index contributed by atoms with van der Waals surface area (Å²) >= 11 is 0. The zero-order valence-corrected chi connectivity index (χ0v) is 21.4. The largest absolute Gasteiger partial charge is 0.497 e. The quantitative estimate of drug-likeness (QED) is 0.488. The van der Waals surface area contributed by atoms with E-state index in [0.29, 0.717) is 22.6 Å². The van der Waals surface area contributed by atoms with Gasteiger partial charge in [-0.05, 0) is 61.4 Å². The molecule has 188 valence electrons. The van der Waals surface area contributed by atoms with Crippen LogP contribution in [-0.4, -0.2) is 51.4 Å². The molecule has 0 aromatic heterocycles. The van der Waals surface area contributed by atoms with Crippen molar-refractivity contribution >= 4 is 27.6 Å². The molecule has 8 nitrogen and oxygen atoms in total. The Morgan fingerprint density at radius 2 is 1.64 bits per heavy atom. The second kappa shape index (κ2) is 10.1. The van der Waals surface area contributed by atoms with Gasteiger partial charge < -0.3 is 14.4 Å². The van der Waals surface area contributed by atoms with E-state index in [2.05, 4.69) is 0 Å². The summed E-state index contributed by atoms with van der Waals surface area (Å²) in [6.45, 7) is 3.42. The third-order valence-electron chi connectivity index (χ3n) is 6.32. The van der Waals surface area contributed by atoms with Crippen LogP contribution >= 0.6 is 0 Å². The molecule has 1 atom stereocenters. The lowest BCUT2D eigenvalue weighted by molar-refractivity contribution is -0.144. The van der Waals surface area contributed by atoms with E-state index >= 15 is 0 Å². The number of para-hydroxylation sites is 1. The van der Waals surface area contributed by atoms with Gasteiger partial charge >= 0.3 is 5.97 Å². The van der Waals surface area contributed by atoms with Crippen molar-refractivity contribution in [3.8, 4) is 5.75 Å². The number of amides is 1. The number of carbonyl (C=O) groups is 2. The van der Waals surface area contributed by atoms with Crippen LogP contribution in [0.25, 0.3) is 0 Å². The Balaban J connectivity index is 1.85. The number of esters is 1. The predicted molar refractivity (Wildman–Crippen MR) is 136 cm³/mol. The highest BCUT2D eigenvalue weighted by atomic mass is 32.2. The molecule has 3 aromatic rings. The molecule has 1 heterocycles. The first-order valence-electron chi connectivity index (χ1n) is 11.4. The number of sulfonamides is 1. The van der Waals surface area contributed by atoms with E-state index in [1.165, 1.54) is 31.3 Å². The second-order valence-corrected chi connectivity index (χ2v) is 10.5. The van der Waals surface area contributed by atoms with Crippen LogP contribution < -0.4 is 9.64 Å². The Labute approximate surface area is 211 Å². The zero-order chi connectivity index (χ0) is 26.0. The van der Waals surface area contributed by atoms with Gasteiger partial charge in [0, 0.05) is 17.8 Å². The fourth-order valence-corrected chi connectivity index (χ4v) is 5.86. The van der Waals surface area contributed by atoms with Crippen LogP contribution in [0.4, 0.5) is 5.69 Å². The van der Waals surface area contributed by atoms with Crippen molar-refractivity contribution in [2.24, 2.45) is 0 Å². The van der Waals surface area contributed by atoms with Crippen molar-refractivity contribution in [2.75, 3.05) is 25.7 Å². The van der Waals surface area contributed by atoms with Crippen molar-refractivity contribution in [2.45, 2.75) is 31.3 Å². The highest BCUT2D eigenvalue weighted by molar-refractivity contribution is 7.89. The Hall–Kier alpha value is -3.69. The molecular formula is C27H28N2O6S. The number of benzene rings is 3. The summed E-state index contributed by atoms with van der Waals surface area (Å²) in [4.78, 5) is 28.3. The van der Waals surface area contributed by atoms with Crippen molar-refractivity contribution in [3.05, 3.63) is 89.0 Å². The summed E-state index contributed by atoms with van der Waals surface area (Å²) in [6, 6.07) is 17.3. The van der Waals surface area contributed by atoms with E-state index in [-0.39, 0.29) is 23.9 Å². The summed E-state index contributed by atoms with van der Waals surface area (Å²) in [5.74, 6) is -0.565. The number of hydrogen-bond acceptors (Lipinski definition) is 6. The first-order chi connectivity index (χ1) is 17.2. The molecule has 0 bridgehead atoms. The molecule has 1 aliphatic heterocycles. The monoisotopic (exact) mass is 508 g/mol. The number of fused-ring (bicyclic) bond motifs is 1. The Kier molecular flexibility index (Phi) is 7.14. The Morgan fingerprint density at radius 3 is 2.31 bits per heavy atom. The molecule has 3 aromatic carbocycles. The van der Waals surface area contributed by atoms with Gasteiger partial charge in [-0.2, -0.15) is 4.31 Å². The van der Waals surface area contributed by atoms with Crippen LogP contribution in [0.15, 0.2) is 71.6 Å². The van der Waals surface area contributed by atoms with E-state index in [9.17, 15) is 18.0 Å². The molecule has 1 amide bonds. The number of ether oxygens (including phenoxy) is 2. The van der Waals surface area contributed by atoms with E-state index < -0.39 is 22.0 Å². The topological polar surface area (TPSA) is 93.2 Å². The summed E-state index contributed by atoms with van der Waals surface area (Å²) in [5, 5.41) is 0. The smallest absolute Gasteiger partial charge is 0.326 e. The second-order valence-electron chi connectivity index (χ2n) is 8.63. The minimum atomic E-state index is -4.15. The van der Waals surface area contributed by atoms with Crippen LogP contribution in [-0.2, 0) is 26.1 Å². The maximum atomic E-state index is 13.8. The van der Waals surface area contributed by atoms with Crippen LogP contribution in [0.5, 0.6) is 5.75 Å². The predicted octanol–water partition coefficient (Wildman–Crippen LogP) is 3.70. The molecule has 0 fully saturated rings. The van der Waals surface area contributed by atoms with E-state index in [4.69, 9.17) is 9.47 Å². The maximum absolute atomic E-state index is 13.8. The van der Waals surface area contributed by atoms with Gasteiger partial charge in [0.1, 0.15) is 11.8 Å². The lowest BCUT2D eigenvalue weighted by atomic mass is 10.0. The molecule has 0 N–H and O–H groups in total. The van der Waals surface area contributed by atoms with Crippen molar-refractivity contribution in [1.82, 2.24) is 4.31 Å². The van der Waals surface area contributed by atoms with Gasteiger partial charge in [-0.25, -0.2) is 8.42 Å². The number of nitrogens with zero attached hydrogens (tertiary/aromatic N) is 2. The summed E-state index contributed by atoms with van der Waals surface area (Å²) < 4.78 is 38.9. The summed E-state index contributed by atoms with van der Waals surface area (Å²) in [7, 11) is -1.45. The van der Waals surface area contributed by atoms with Crippen molar-refractivity contribution in [1.29, 1.82) is 0 Å². The van der Waals surface area contributed by atoms with E-state index in [0.717, 1.165) is 15.4 Å². The lowest BCUT2D eigenvalue weighted by Crippen LogP contribution is -2.50. The van der Waals surface area contributed by atoms with E-state index in [1.54, 1.807) is 42.5 Å². The zero-order valence-electron chi connectivity index (χ0n) is 20.6. The SMILES string of the molecule is COC(=O)C1CN(C(=O)c2cc(C)ccc2C)c2ccccc2CN1S(=O)(=O)c1ccc(OC)cc1. The van der Waals surface area contributed by atoms with Crippen LogP contribution in [0.3, 0.4) is 0 Å². The first-order valence-corrected chi connectivity index (χ1v) is 12.8. The third-order valence-corrected chi connectivity index (χ3v) is 8.19. The molecular weight excluding hydrogens is 480 g/mol. The third kappa shape index (κ3) is 4.72. The lowest BCUT2D eigenvalue weighted by Gasteiger charge is -2.29. The fraction of sp³-hybridized carbons (Fsp3) is 0.259. The first kappa shape index (κ1) is 25.4. The maximum Gasteiger partial charge on any atom is 0.326 e. The van der Waals surface area contributed by atoms with Gasteiger partial charge in [0.05, 0.1) is 25.7 Å². The standard InChI is InChI=1S/C27H28N2O6S/c1-18-9-10-19(2)23(15-18)26(30)28-17-25(27(31)35-4)29(16-20-7-5-6-8-24(20)28)36(32,33)22-13-11-21(34-3)12-14-22/h5-15,25H,16-17H2,1-4H3.